The van der Waals surface area contributed by atoms with Crippen LogP contribution < -0.4 is 5.32 Å². The normalized spacial score (nSPS) is 11.5. The van der Waals surface area contributed by atoms with E-state index in [0.717, 1.165) is 25.8 Å². The molecule has 0 saturated carbocycles. The van der Waals surface area contributed by atoms with E-state index in [1.165, 1.54) is 11.8 Å². The molecule has 0 fully saturated rings. The summed E-state index contributed by atoms with van der Waals surface area (Å²) in [5.41, 5.74) is 3.04. The minimum absolute atomic E-state index is 0.0146. The van der Waals surface area contributed by atoms with Crippen molar-refractivity contribution in [3.63, 3.8) is 0 Å². The molecule has 2 rings (SSSR count). The summed E-state index contributed by atoms with van der Waals surface area (Å²) in [6.07, 6.45) is 0. The van der Waals surface area contributed by atoms with Crippen LogP contribution in [0.25, 0.3) is 0 Å². The molecule has 0 aliphatic carbocycles. The smallest absolute Gasteiger partial charge is 0.234 e. The molecule has 0 aliphatic heterocycles. The van der Waals surface area contributed by atoms with Gasteiger partial charge in [0.15, 0.2) is 4.34 Å². The number of amides is 1. The fourth-order valence-electron chi connectivity index (χ4n) is 1.71. The molecule has 3 nitrogen and oxygen atoms in total. The zero-order chi connectivity index (χ0) is 16.3. The monoisotopic (exact) mass is 398 g/mol. The number of hydrogen-bond acceptors (Lipinski definition) is 4. The Bertz CT molecular complexity index is 677. The second-order valence-electron chi connectivity index (χ2n) is 6.05. The van der Waals surface area contributed by atoms with Crippen molar-refractivity contribution in [1.29, 1.82) is 0 Å². The molecule has 0 radical (unpaired) electrons. The summed E-state index contributed by atoms with van der Waals surface area (Å²) in [4.78, 5) is 16.6. The van der Waals surface area contributed by atoms with Gasteiger partial charge in [0.2, 0.25) is 5.91 Å². The molecule has 0 bridgehead atoms. The third-order valence-electron chi connectivity index (χ3n) is 3.02. The van der Waals surface area contributed by atoms with Gasteiger partial charge in [0.05, 0.1) is 11.4 Å². The summed E-state index contributed by atoms with van der Waals surface area (Å²) in [5, 5.41) is 4.98. The summed E-state index contributed by atoms with van der Waals surface area (Å²) in [6, 6.07) is 5.78. The molecule has 118 valence electrons. The summed E-state index contributed by atoms with van der Waals surface area (Å²) in [5.74, 6) is 0.353. The molecule has 1 N–H and O–H groups in total. The number of nitrogens with zero attached hydrogens (tertiary/aromatic N) is 1. The highest BCUT2D eigenvalue weighted by molar-refractivity contribution is 9.10. The zero-order valence-electron chi connectivity index (χ0n) is 13.1. The highest BCUT2D eigenvalue weighted by atomic mass is 79.9. The number of hydrogen-bond donors (Lipinski definition) is 1. The van der Waals surface area contributed by atoms with Gasteiger partial charge in [0.1, 0.15) is 0 Å². The first kappa shape index (κ1) is 17.5. The topological polar surface area (TPSA) is 42.0 Å². The Hall–Kier alpha value is -0.850. The van der Waals surface area contributed by atoms with Crippen LogP contribution in [0.4, 0.5) is 5.69 Å². The van der Waals surface area contributed by atoms with E-state index in [9.17, 15) is 4.79 Å². The van der Waals surface area contributed by atoms with Crippen molar-refractivity contribution in [2.75, 3.05) is 11.1 Å². The quantitative estimate of drug-likeness (QED) is 0.715. The number of aromatic nitrogens is 1. The van der Waals surface area contributed by atoms with Gasteiger partial charge in [-0.3, -0.25) is 4.79 Å². The molecular formula is C16H19BrN2OS2. The number of carbonyl (C=O) groups is 1. The van der Waals surface area contributed by atoms with Crippen LogP contribution in [-0.4, -0.2) is 16.6 Å². The van der Waals surface area contributed by atoms with Crippen molar-refractivity contribution in [1.82, 2.24) is 4.98 Å². The van der Waals surface area contributed by atoms with Gasteiger partial charge in [-0.15, -0.1) is 11.3 Å². The SMILES string of the molecule is Cc1cc(NC(=O)CSc2nc(C(C)(C)C)cs2)ccc1Br. The maximum absolute atomic E-state index is 12.0. The molecule has 0 spiro atoms. The van der Waals surface area contributed by atoms with E-state index in [2.05, 4.69) is 52.4 Å². The molecule has 1 aromatic carbocycles. The molecule has 2 aromatic rings. The van der Waals surface area contributed by atoms with Gasteiger partial charge in [-0.05, 0) is 30.7 Å². The first-order valence-electron chi connectivity index (χ1n) is 6.90. The second kappa shape index (κ2) is 7.15. The highest BCUT2D eigenvalue weighted by Gasteiger charge is 2.17. The van der Waals surface area contributed by atoms with Crippen molar-refractivity contribution >= 4 is 50.6 Å². The number of carbonyl (C=O) groups excluding carboxylic acids is 1. The maximum atomic E-state index is 12.0. The van der Waals surface area contributed by atoms with Crippen LogP contribution in [0.1, 0.15) is 32.0 Å². The highest BCUT2D eigenvalue weighted by Crippen LogP contribution is 2.29. The van der Waals surface area contributed by atoms with E-state index in [0.29, 0.717) is 5.75 Å². The molecule has 1 aromatic heterocycles. The van der Waals surface area contributed by atoms with Crippen LogP contribution in [0.15, 0.2) is 32.4 Å². The molecule has 22 heavy (non-hydrogen) atoms. The number of benzene rings is 1. The Labute approximate surface area is 148 Å². The maximum Gasteiger partial charge on any atom is 0.234 e. The fourth-order valence-corrected chi connectivity index (χ4v) is 3.81. The Kier molecular flexibility index (Phi) is 5.69. The van der Waals surface area contributed by atoms with Crippen LogP contribution in [0.5, 0.6) is 0 Å². The van der Waals surface area contributed by atoms with Gasteiger partial charge in [0.25, 0.3) is 0 Å². The number of rotatable bonds is 4. The van der Waals surface area contributed by atoms with Crippen LogP contribution in [0.3, 0.4) is 0 Å². The third kappa shape index (κ3) is 4.83. The van der Waals surface area contributed by atoms with E-state index in [1.807, 2.05) is 25.1 Å². The van der Waals surface area contributed by atoms with E-state index in [4.69, 9.17) is 0 Å². The van der Waals surface area contributed by atoms with Crippen molar-refractivity contribution < 1.29 is 4.79 Å². The largest absolute Gasteiger partial charge is 0.325 e. The van der Waals surface area contributed by atoms with Gasteiger partial charge < -0.3 is 5.32 Å². The number of thiazole rings is 1. The van der Waals surface area contributed by atoms with E-state index >= 15 is 0 Å². The number of aryl methyl sites for hydroxylation is 1. The number of halogens is 1. The lowest BCUT2D eigenvalue weighted by molar-refractivity contribution is -0.113. The Morgan fingerprint density at radius 1 is 1.41 bits per heavy atom. The summed E-state index contributed by atoms with van der Waals surface area (Å²) in [7, 11) is 0. The molecule has 1 heterocycles. The van der Waals surface area contributed by atoms with Crippen molar-refractivity contribution in [3.05, 3.63) is 39.3 Å². The lowest BCUT2D eigenvalue weighted by Crippen LogP contribution is -2.14. The van der Waals surface area contributed by atoms with Crippen LogP contribution >= 0.6 is 39.0 Å². The Morgan fingerprint density at radius 3 is 2.73 bits per heavy atom. The van der Waals surface area contributed by atoms with Crippen LogP contribution in [-0.2, 0) is 10.2 Å². The minimum Gasteiger partial charge on any atom is -0.325 e. The fraction of sp³-hybridized carbons (Fsp3) is 0.375. The molecule has 0 unspecified atom stereocenters. The van der Waals surface area contributed by atoms with Crippen molar-refractivity contribution in [2.24, 2.45) is 0 Å². The average Bonchev–Trinajstić information content (AvgIpc) is 2.89. The molecular weight excluding hydrogens is 380 g/mol. The van der Waals surface area contributed by atoms with Crippen LogP contribution in [0.2, 0.25) is 0 Å². The third-order valence-corrected chi connectivity index (χ3v) is 5.93. The summed E-state index contributed by atoms with van der Waals surface area (Å²) >= 11 is 6.52. The van der Waals surface area contributed by atoms with Gasteiger partial charge in [0, 0.05) is 21.0 Å². The summed E-state index contributed by atoms with van der Waals surface area (Å²) < 4.78 is 1.98. The van der Waals surface area contributed by atoms with Crippen molar-refractivity contribution in [3.8, 4) is 0 Å². The van der Waals surface area contributed by atoms with Gasteiger partial charge >= 0.3 is 0 Å². The van der Waals surface area contributed by atoms with Gasteiger partial charge in [-0.1, -0.05) is 48.5 Å². The first-order chi connectivity index (χ1) is 10.3. The summed E-state index contributed by atoms with van der Waals surface area (Å²) in [6.45, 7) is 8.41. The minimum atomic E-state index is -0.0146. The molecule has 6 heteroatoms. The second-order valence-corrected chi connectivity index (χ2v) is 8.98. The lowest BCUT2D eigenvalue weighted by Gasteiger charge is -2.14. The Balaban J connectivity index is 1.90. The number of anilines is 1. The Morgan fingerprint density at radius 2 is 2.14 bits per heavy atom. The molecule has 0 saturated heterocycles. The van der Waals surface area contributed by atoms with E-state index in [1.54, 1.807) is 11.3 Å². The van der Waals surface area contributed by atoms with E-state index in [-0.39, 0.29) is 11.3 Å². The molecule has 0 atom stereocenters. The average molecular weight is 399 g/mol. The molecule has 0 aliphatic rings. The number of thioether (sulfide) groups is 1. The molecule has 1 amide bonds. The first-order valence-corrected chi connectivity index (χ1v) is 9.56. The van der Waals surface area contributed by atoms with Crippen molar-refractivity contribution in [2.45, 2.75) is 37.4 Å². The standard InChI is InChI=1S/C16H19BrN2OS2/c1-10-7-11(5-6-12(10)17)18-14(20)9-22-15-19-13(8-21-15)16(2,3)4/h5-8H,9H2,1-4H3,(H,18,20). The van der Waals surface area contributed by atoms with Gasteiger partial charge in [-0.2, -0.15) is 0 Å². The lowest BCUT2D eigenvalue weighted by atomic mass is 9.93. The van der Waals surface area contributed by atoms with Crippen LogP contribution in [0, 0.1) is 6.92 Å². The van der Waals surface area contributed by atoms with Gasteiger partial charge in [-0.25, -0.2) is 4.98 Å². The predicted octanol–water partition coefficient (Wildman–Crippen LogP) is 5.24. The predicted molar refractivity (Wildman–Crippen MR) is 99.0 cm³/mol. The zero-order valence-corrected chi connectivity index (χ0v) is 16.3. The number of nitrogens with one attached hydrogen (secondary N) is 1. The van der Waals surface area contributed by atoms with E-state index < -0.39 is 0 Å².